The third-order valence-corrected chi connectivity index (χ3v) is 3.33. The van der Waals surface area contributed by atoms with E-state index in [0.29, 0.717) is 25.3 Å². The van der Waals surface area contributed by atoms with Crippen LogP contribution in [-0.2, 0) is 16.0 Å². The fourth-order valence-corrected chi connectivity index (χ4v) is 2.18. The number of amides is 2. The van der Waals surface area contributed by atoms with Gasteiger partial charge in [-0.05, 0) is 36.8 Å². The van der Waals surface area contributed by atoms with Crippen LogP contribution in [0.3, 0.4) is 0 Å². The number of hydrogen-bond donors (Lipinski definition) is 2. The third kappa shape index (κ3) is 6.12. The SMILES string of the molecule is CCOc1ccc(NC(=O)CCNC(=O)Cc2ccccc2)cc1. The molecule has 2 aromatic carbocycles. The van der Waals surface area contributed by atoms with Crippen molar-refractivity contribution in [2.45, 2.75) is 19.8 Å². The second-order valence-electron chi connectivity index (χ2n) is 5.27. The van der Waals surface area contributed by atoms with Crippen molar-refractivity contribution in [2.75, 3.05) is 18.5 Å². The molecular weight excluding hydrogens is 304 g/mol. The number of hydrogen-bond acceptors (Lipinski definition) is 3. The van der Waals surface area contributed by atoms with Gasteiger partial charge in [0.1, 0.15) is 5.75 Å². The standard InChI is InChI=1S/C19H22N2O3/c1-2-24-17-10-8-16(9-11-17)21-18(22)12-13-20-19(23)14-15-6-4-3-5-7-15/h3-11H,2,12-14H2,1H3,(H,20,23)(H,21,22). The van der Waals surface area contributed by atoms with E-state index < -0.39 is 0 Å². The van der Waals surface area contributed by atoms with Crippen molar-refractivity contribution < 1.29 is 14.3 Å². The van der Waals surface area contributed by atoms with Crippen LogP contribution in [0.15, 0.2) is 54.6 Å². The molecule has 0 saturated heterocycles. The topological polar surface area (TPSA) is 67.4 Å². The summed E-state index contributed by atoms with van der Waals surface area (Å²) in [6.07, 6.45) is 0.551. The van der Waals surface area contributed by atoms with E-state index in [4.69, 9.17) is 4.74 Å². The van der Waals surface area contributed by atoms with E-state index in [0.717, 1.165) is 11.3 Å². The van der Waals surface area contributed by atoms with E-state index in [1.165, 1.54) is 0 Å². The maximum Gasteiger partial charge on any atom is 0.226 e. The Morgan fingerprint density at radius 2 is 1.67 bits per heavy atom. The minimum Gasteiger partial charge on any atom is -0.494 e. The lowest BCUT2D eigenvalue weighted by Gasteiger charge is -2.08. The molecule has 0 spiro atoms. The molecule has 126 valence electrons. The highest BCUT2D eigenvalue weighted by Crippen LogP contribution is 2.15. The molecule has 0 aliphatic heterocycles. The van der Waals surface area contributed by atoms with Gasteiger partial charge in [-0.15, -0.1) is 0 Å². The Hall–Kier alpha value is -2.82. The molecule has 0 saturated carbocycles. The first-order chi connectivity index (χ1) is 11.7. The zero-order valence-electron chi connectivity index (χ0n) is 13.7. The molecular formula is C19H22N2O3. The van der Waals surface area contributed by atoms with E-state index in [-0.39, 0.29) is 18.2 Å². The van der Waals surface area contributed by atoms with Crippen LogP contribution in [0.25, 0.3) is 0 Å². The zero-order chi connectivity index (χ0) is 17.2. The van der Waals surface area contributed by atoms with Crippen molar-refractivity contribution in [1.29, 1.82) is 0 Å². The fraction of sp³-hybridized carbons (Fsp3) is 0.263. The van der Waals surface area contributed by atoms with Crippen molar-refractivity contribution in [2.24, 2.45) is 0 Å². The lowest BCUT2D eigenvalue weighted by Crippen LogP contribution is -2.28. The first kappa shape index (κ1) is 17.5. The van der Waals surface area contributed by atoms with Crippen LogP contribution >= 0.6 is 0 Å². The van der Waals surface area contributed by atoms with E-state index >= 15 is 0 Å². The summed E-state index contributed by atoms with van der Waals surface area (Å²) in [5.41, 5.74) is 1.66. The molecule has 0 unspecified atom stereocenters. The first-order valence-electron chi connectivity index (χ1n) is 8.00. The predicted molar refractivity (Wildman–Crippen MR) is 94.0 cm³/mol. The summed E-state index contributed by atoms with van der Waals surface area (Å²) in [7, 11) is 0. The van der Waals surface area contributed by atoms with Crippen molar-refractivity contribution in [3.05, 3.63) is 60.2 Å². The Morgan fingerprint density at radius 3 is 2.33 bits per heavy atom. The number of carbonyl (C=O) groups is 2. The molecule has 2 amide bonds. The molecule has 0 aliphatic rings. The Bertz CT molecular complexity index is 654. The van der Waals surface area contributed by atoms with Crippen LogP contribution in [0.1, 0.15) is 18.9 Å². The van der Waals surface area contributed by atoms with E-state index in [1.54, 1.807) is 24.3 Å². The Balaban J connectivity index is 1.68. The monoisotopic (exact) mass is 326 g/mol. The van der Waals surface area contributed by atoms with Crippen LogP contribution < -0.4 is 15.4 Å². The second-order valence-corrected chi connectivity index (χ2v) is 5.27. The summed E-state index contributed by atoms with van der Waals surface area (Å²) in [6, 6.07) is 16.7. The van der Waals surface area contributed by atoms with Gasteiger partial charge in [0.05, 0.1) is 13.0 Å². The van der Waals surface area contributed by atoms with Gasteiger partial charge < -0.3 is 15.4 Å². The molecule has 0 heterocycles. The molecule has 0 atom stereocenters. The van der Waals surface area contributed by atoms with Crippen LogP contribution in [0.2, 0.25) is 0 Å². The van der Waals surface area contributed by atoms with E-state index in [1.807, 2.05) is 37.3 Å². The maximum absolute atomic E-state index is 11.9. The maximum atomic E-state index is 11.9. The summed E-state index contributed by atoms with van der Waals surface area (Å²) in [5, 5.41) is 5.54. The summed E-state index contributed by atoms with van der Waals surface area (Å²) < 4.78 is 5.35. The van der Waals surface area contributed by atoms with Gasteiger partial charge in [0.15, 0.2) is 0 Å². The molecule has 0 fully saturated rings. The largest absolute Gasteiger partial charge is 0.494 e. The molecule has 2 N–H and O–H groups in total. The van der Waals surface area contributed by atoms with Crippen LogP contribution in [0.4, 0.5) is 5.69 Å². The molecule has 0 aliphatic carbocycles. The molecule has 5 heteroatoms. The quantitative estimate of drug-likeness (QED) is 0.784. The van der Waals surface area contributed by atoms with Gasteiger partial charge in [0.2, 0.25) is 11.8 Å². The van der Waals surface area contributed by atoms with Gasteiger partial charge >= 0.3 is 0 Å². The average Bonchev–Trinajstić information content (AvgIpc) is 2.58. The van der Waals surface area contributed by atoms with Gasteiger partial charge in [-0.1, -0.05) is 30.3 Å². The number of nitrogens with one attached hydrogen (secondary N) is 2. The molecule has 0 aromatic heterocycles. The van der Waals surface area contributed by atoms with Gasteiger partial charge in [0, 0.05) is 18.7 Å². The fourth-order valence-electron chi connectivity index (χ4n) is 2.18. The Morgan fingerprint density at radius 1 is 0.958 bits per heavy atom. The number of carbonyl (C=O) groups excluding carboxylic acids is 2. The highest BCUT2D eigenvalue weighted by molar-refractivity contribution is 5.91. The highest BCUT2D eigenvalue weighted by atomic mass is 16.5. The minimum atomic E-state index is -0.140. The molecule has 24 heavy (non-hydrogen) atoms. The van der Waals surface area contributed by atoms with Crippen molar-refractivity contribution in [3.63, 3.8) is 0 Å². The van der Waals surface area contributed by atoms with Crippen LogP contribution in [0, 0.1) is 0 Å². The first-order valence-corrected chi connectivity index (χ1v) is 8.00. The molecule has 2 aromatic rings. The molecule has 0 bridgehead atoms. The predicted octanol–water partition coefficient (Wildman–Crippen LogP) is 2.77. The van der Waals surface area contributed by atoms with E-state index in [9.17, 15) is 9.59 Å². The summed E-state index contributed by atoms with van der Waals surface area (Å²) in [6.45, 7) is 2.84. The third-order valence-electron chi connectivity index (χ3n) is 3.33. The lowest BCUT2D eigenvalue weighted by molar-refractivity contribution is -0.120. The number of anilines is 1. The number of rotatable bonds is 8. The van der Waals surface area contributed by atoms with Gasteiger partial charge in [0.25, 0.3) is 0 Å². The molecule has 0 radical (unpaired) electrons. The van der Waals surface area contributed by atoms with Crippen molar-refractivity contribution in [3.8, 4) is 5.75 Å². The number of benzene rings is 2. The van der Waals surface area contributed by atoms with Gasteiger partial charge in [-0.3, -0.25) is 9.59 Å². The molecule has 5 nitrogen and oxygen atoms in total. The number of ether oxygens (including phenoxy) is 1. The van der Waals surface area contributed by atoms with Gasteiger partial charge in [-0.25, -0.2) is 0 Å². The smallest absolute Gasteiger partial charge is 0.226 e. The summed E-state index contributed by atoms with van der Waals surface area (Å²) in [5.74, 6) is 0.540. The van der Waals surface area contributed by atoms with Gasteiger partial charge in [-0.2, -0.15) is 0 Å². The van der Waals surface area contributed by atoms with E-state index in [2.05, 4.69) is 10.6 Å². The minimum absolute atomic E-state index is 0.0879. The second kappa shape index (κ2) is 9.35. The van der Waals surface area contributed by atoms with Crippen molar-refractivity contribution >= 4 is 17.5 Å². The Labute approximate surface area is 142 Å². The molecule has 2 rings (SSSR count). The zero-order valence-corrected chi connectivity index (χ0v) is 13.7. The Kier molecular flexibility index (Phi) is 6.83. The van der Waals surface area contributed by atoms with Crippen LogP contribution in [-0.4, -0.2) is 25.0 Å². The van der Waals surface area contributed by atoms with Crippen molar-refractivity contribution in [1.82, 2.24) is 5.32 Å². The highest BCUT2D eigenvalue weighted by Gasteiger charge is 2.06. The lowest BCUT2D eigenvalue weighted by atomic mass is 10.1. The summed E-state index contributed by atoms with van der Waals surface area (Å²) >= 11 is 0. The summed E-state index contributed by atoms with van der Waals surface area (Å²) in [4.78, 5) is 23.7. The normalized spacial score (nSPS) is 10.0. The van der Waals surface area contributed by atoms with Crippen LogP contribution in [0.5, 0.6) is 5.75 Å². The average molecular weight is 326 g/mol.